The summed E-state index contributed by atoms with van der Waals surface area (Å²) in [6, 6.07) is 32.4. The van der Waals surface area contributed by atoms with Gasteiger partial charge in [0.25, 0.3) is 0 Å². The molecule has 5 rings (SSSR count). The zero-order valence-electron chi connectivity index (χ0n) is 25.7. The van der Waals surface area contributed by atoms with Gasteiger partial charge in [-0.15, -0.1) is 0 Å². The lowest BCUT2D eigenvalue weighted by atomic mass is 9.82. The van der Waals surface area contributed by atoms with Crippen LogP contribution in [0.4, 0.5) is 0 Å². The van der Waals surface area contributed by atoms with Gasteiger partial charge in [0, 0.05) is 22.3 Å². The van der Waals surface area contributed by atoms with E-state index in [0.717, 1.165) is 57.7 Å². The third-order valence-corrected chi connectivity index (χ3v) is 8.70. The van der Waals surface area contributed by atoms with Gasteiger partial charge < -0.3 is 19.7 Å². The molecule has 5 aromatic rings. The second-order valence-corrected chi connectivity index (χ2v) is 12.7. The maximum Gasteiger partial charge on any atom is 0.125 e. The van der Waals surface area contributed by atoms with Crippen molar-refractivity contribution in [3.63, 3.8) is 0 Å². The molecule has 0 radical (unpaired) electrons. The minimum Gasteiger partial charge on any atom is -0.508 e. The van der Waals surface area contributed by atoms with Crippen LogP contribution in [0.15, 0.2) is 97.1 Å². The predicted octanol–water partition coefficient (Wildman–Crippen LogP) is 9.36. The van der Waals surface area contributed by atoms with Crippen molar-refractivity contribution in [3.05, 3.63) is 151 Å². The van der Waals surface area contributed by atoms with Crippen molar-refractivity contribution < 1.29 is 19.7 Å². The topological polar surface area (TPSA) is 58.9 Å². The molecule has 44 heavy (non-hydrogen) atoms. The highest BCUT2D eigenvalue weighted by Crippen LogP contribution is 2.39. The van der Waals surface area contributed by atoms with E-state index in [-0.39, 0.29) is 17.4 Å². The van der Waals surface area contributed by atoms with Gasteiger partial charge in [-0.05, 0) is 137 Å². The molecule has 0 fully saturated rings. The van der Waals surface area contributed by atoms with Crippen LogP contribution in [0.3, 0.4) is 0 Å². The molecule has 2 N–H and O–H groups in total. The SMILES string of the molecule is Cc1cc(C(c2ccc(I)cc2)c2cc(C)c(OCCc3ccc(O)cc3)c(C)c2)cc(C)c1OCCc1ccc(O)cc1. The maximum absolute atomic E-state index is 9.56. The van der Waals surface area contributed by atoms with Crippen LogP contribution in [0.1, 0.15) is 56.0 Å². The summed E-state index contributed by atoms with van der Waals surface area (Å²) in [7, 11) is 0. The first kappa shape index (κ1) is 31.5. The van der Waals surface area contributed by atoms with Crippen molar-refractivity contribution in [2.45, 2.75) is 46.5 Å². The fraction of sp³-hybridized carbons (Fsp3) is 0.231. The van der Waals surface area contributed by atoms with Crippen LogP contribution >= 0.6 is 22.6 Å². The smallest absolute Gasteiger partial charge is 0.125 e. The lowest BCUT2D eigenvalue weighted by Gasteiger charge is -2.24. The molecular weight excluding hydrogens is 659 g/mol. The molecule has 0 bridgehead atoms. The number of rotatable bonds is 11. The number of halogens is 1. The third kappa shape index (κ3) is 7.75. The Morgan fingerprint density at radius 3 is 1.25 bits per heavy atom. The molecule has 0 saturated heterocycles. The van der Waals surface area contributed by atoms with E-state index in [1.54, 1.807) is 24.3 Å². The molecule has 0 heterocycles. The Morgan fingerprint density at radius 1 is 0.523 bits per heavy atom. The molecular formula is C39H39IO4. The van der Waals surface area contributed by atoms with E-state index < -0.39 is 0 Å². The number of aryl methyl sites for hydroxylation is 4. The summed E-state index contributed by atoms with van der Waals surface area (Å²) in [4.78, 5) is 0. The van der Waals surface area contributed by atoms with E-state index in [4.69, 9.17) is 9.47 Å². The van der Waals surface area contributed by atoms with Crippen LogP contribution in [0.25, 0.3) is 0 Å². The summed E-state index contributed by atoms with van der Waals surface area (Å²) >= 11 is 2.36. The van der Waals surface area contributed by atoms with Crippen molar-refractivity contribution >= 4 is 22.6 Å². The highest BCUT2D eigenvalue weighted by Gasteiger charge is 2.21. The van der Waals surface area contributed by atoms with E-state index in [9.17, 15) is 10.2 Å². The molecule has 5 heteroatoms. The summed E-state index contributed by atoms with van der Waals surface area (Å²) < 4.78 is 13.8. The van der Waals surface area contributed by atoms with Gasteiger partial charge >= 0.3 is 0 Å². The molecule has 0 aromatic heterocycles. The molecule has 0 aliphatic carbocycles. The number of benzene rings is 5. The fourth-order valence-corrected chi connectivity index (χ4v) is 6.22. The third-order valence-electron chi connectivity index (χ3n) is 7.98. The standard InChI is InChI=1S/C39H39IO4/c1-25-21-32(22-26(2)38(25)43-19-17-29-5-13-35(41)14-6-29)37(31-9-11-34(40)12-10-31)33-23-27(3)39(28(4)24-33)44-20-18-30-7-15-36(42)16-8-30/h5-16,21-24,37,41-42H,17-20H2,1-4H3. The Bertz CT molecular complexity index is 1550. The first-order valence-electron chi connectivity index (χ1n) is 15.0. The molecule has 0 aliphatic heterocycles. The summed E-state index contributed by atoms with van der Waals surface area (Å²) in [6.07, 6.45) is 1.54. The highest BCUT2D eigenvalue weighted by molar-refractivity contribution is 14.1. The van der Waals surface area contributed by atoms with E-state index in [2.05, 4.69) is 98.8 Å². The summed E-state index contributed by atoms with van der Waals surface area (Å²) in [5, 5.41) is 19.1. The molecule has 0 amide bonds. The number of phenolic OH excluding ortho intramolecular Hbond substituents is 2. The number of phenols is 2. The van der Waals surface area contributed by atoms with Crippen LogP contribution in [0.2, 0.25) is 0 Å². The molecule has 226 valence electrons. The Balaban J connectivity index is 1.40. The number of aromatic hydroxyl groups is 2. The van der Waals surface area contributed by atoms with Crippen LogP contribution in [-0.2, 0) is 12.8 Å². The van der Waals surface area contributed by atoms with Crippen molar-refractivity contribution in [1.82, 2.24) is 0 Å². The Hall–Kier alpha value is -3.97. The highest BCUT2D eigenvalue weighted by atomic mass is 127. The monoisotopic (exact) mass is 698 g/mol. The zero-order valence-corrected chi connectivity index (χ0v) is 27.9. The van der Waals surface area contributed by atoms with Crippen LogP contribution in [0, 0.1) is 31.3 Å². The number of hydrogen-bond donors (Lipinski definition) is 2. The first-order valence-corrected chi connectivity index (χ1v) is 16.0. The second kappa shape index (κ2) is 14.2. The quantitative estimate of drug-likeness (QED) is 0.107. The zero-order chi connectivity index (χ0) is 31.2. The minimum absolute atomic E-state index is 0.0545. The molecule has 0 spiro atoms. The summed E-state index contributed by atoms with van der Waals surface area (Å²) in [5.41, 5.74) is 10.4. The number of hydrogen-bond acceptors (Lipinski definition) is 4. The van der Waals surface area contributed by atoms with Crippen molar-refractivity contribution in [3.8, 4) is 23.0 Å². The van der Waals surface area contributed by atoms with Gasteiger partial charge in [-0.2, -0.15) is 0 Å². The Morgan fingerprint density at radius 2 is 0.886 bits per heavy atom. The van der Waals surface area contributed by atoms with E-state index in [1.165, 1.54) is 20.3 Å². The van der Waals surface area contributed by atoms with Crippen LogP contribution in [0.5, 0.6) is 23.0 Å². The Labute approximate surface area is 274 Å². The van der Waals surface area contributed by atoms with E-state index >= 15 is 0 Å². The molecule has 4 nitrogen and oxygen atoms in total. The largest absolute Gasteiger partial charge is 0.508 e. The second-order valence-electron chi connectivity index (χ2n) is 11.5. The first-order chi connectivity index (χ1) is 21.2. The van der Waals surface area contributed by atoms with E-state index in [1.807, 2.05) is 24.3 Å². The molecule has 0 aliphatic rings. The molecule has 0 unspecified atom stereocenters. The average molecular weight is 699 g/mol. The number of ether oxygens (including phenoxy) is 2. The van der Waals surface area contributed by atoms with Gasteiger partial charge in [0.15, 0.2) is 0 Å². The van der Waals surface area contributed by atoms with Gasteiger partial charge in [0.05, 0.1) is 13.2 Å². The van der Waals surface area contributed by atoms with Gasteiger partial charge in [-0.25, -0.2) is 0 Å². The lowest BCUT2D eigenvalue weighted by molar-refractivity contribution is 0.317. The van der Waals surface area contributed by atoms with Gasteiger partial charge in [-0.1, -0.05) is 60.7 Å². The van der Waals surface area contributed by atoms with Crippen LogP contribution < -0.4 is 9.47 Å². The normalized spacial score (nSPS) is 11.1. The van der Waals surface area contributed by atoms with Crippen LogP contribution in [-0.4, -0.2) is 23.4 Å². The predicted molar refractivity (Wildman–Crippen MR) is 187 cm³/mol. The fourth-order valence-electron chi connectivity index (χ4n) is 5.86. The van der Waals surface area contributed by atoms with Crippen molar-refractivity contribution in [2.24, 2.45) is 0 Å². The van der Waals surface area contributed by atoms with Crippen molar-refractivity contribution in [2.75, 3.05) is 13.2 Å². The summed E-state index contributed by atoms with van der Waals surface area (Å²) in [5.74, 6) is 2.46. The maximum atomic E-state index is 9.56. The molecule has 5 aromatic carbocycles. The summed E-state index contributed by atoms with van der Waals surface area (Å²) in [6.45, 7) is 9.63. The van der Waals surface area contributed by atoms with E-state index in [0.29, 0.717) is 13.2 Å². The Kier molecular flexibility index (Phi) is 10.2. The van der Waals surface area contributed by atoms with Gasteiger partial charge in [0.2, 0.25) is 0 Å². The lowest BCUT2D eigenvalue weighted by Crippen LogP contribution is -2.09. The average Bonchev–Trinajstić information content (AvgIpc) is 2.99. The molecule has 0 atom stereocenters. The minimum atomic E-state index is 0.0545. The van der Waals surface area contributed by atoms with Gasteiger partial charge in [0.1, 0.15) is 23.0 Å². The van der Waals surface area contributed by atoms with Gasteiger partial charge in [-0.3, -0.25) is 0 Å². The molecule has 0 saturated carbocycles. The van der Waals surface area contributed by atoms with Crippen molar-refractivity contribution in [1.29, 1.82) is 0 Å².